The maximum absolute atomic E-state index is 12.5. The molecule has 0 radical (unpaired) electrons. The van der Waals surface area contributed by atoms with Crippen LogP contribution in [0.2, 0.25) is 5.02 Å². The highest BCUT2D eigenvalue weighted by molar-refractivity contribution is 6.33. The molecule has 124 valence electrons. The molecule has 2 rings (SSSR count). The first-order chi connectivity index (χ1) is 11.0. The number of rotatable bonds is 5. The van der Waals surface area contributed by atoms with Gasteiger partial charge < -0.3 is 15.3 Å². The fraction of sp³-hybridized carbons (Fsp3) is 0.529. The highest BCUT2D eigenvalue weighted by atomic mass is 35.5. The predicted octanol–water partition coefficient (Wildman–Crippen LogP) is 2.93. The average Bonchev–Trinajstić information content (AvgIpc) is 2.60. The number of likely N-dealkylation sites (N-methyl/N-ethyl adjacent to an activating group) is 1. The van der Waals surface area contributed by atoms with Gasteiger partial charge >= 0.3 is 0 Å². The number of nitrogens with zero attached hydrogens (tertiary/aromatic N) is 2. The number of halogens is 1. The van der Waals surface area contributed by atoms with Gasteiger partial charge in [0.15, 0.2) is 0 Å². The lowest BCUT2D eigenvalue weighted by atomic mass is 9.81. The van der Waals surface area contributed by atoms with Gasteiger partial charge in [-0.3, -0.25) is 4.79 Å². The van der Waals surface area contributed by atoms with E-state index < -0.39 is 5.54 Å². The second-order valence-corrected chi connectivity index (χ2v) is 6.39. The fourth-order valence-electron chi connectivity index (χ4n) is 2.99. The number of benzene rings is 1. The summed E-state index contributed by atoms with van der Waals surface area (Å²) >= 11 is 6.10. The summed E-state index contributed by atoms with van der Waals surface area (Å²) in [6, 6.07) is 7.48. The topological polar surface area (TPSA) is 76.4 Å². The van der Waals surface area contributed by atoms with Gasteiger partial charge in [0.2, 0.25) is 5.91 Å². The Labute approximate surface area is 141 Å². The SMILES string of the molecule is CN(C(=O)CNc1cc(CO)ccc1Cl)C1(C#N)CCCCC1. The van der Waals surface area contributed by atoms with Crippen LogP contribution >= 0.6 is 11.6 Å². The Hall–Kier alpha value is -1.77. The first kappa shape index (κ1) is 17.6. The van der Waals surface area contributed by atoms with Crippen molar-refractivity contribution in [2.45, 2.75) is 44.2 Å². The van der Waals surface area contributed by atoms with Crippen molar-refractivity contribution in [2.75, 3.05) is 18.9 Å². The minimum Gasteiger partial charge on any atom is -0.392 e. The minimum absolute atomic E-state index is 0.0640. The second-order valence-electron chi connectivity index (χ2n) is 5.98. The summed E-state index contributed by atoms with van der Waals surface area (Å²) in [6.07, 6.45) is 4.53. The van der Waals surface area contributed by atoms with Crippen LogP contribution < -0.4 is 5.32 Å². The van der Waals surface area contributed by atoms with Crippen molar-refractivity contribution in [2.24, 2.45) is 0 Å². The van der Waals surface area contributed by atoms with Crippen LogP contribution in [0.4, 0.5) is 5.69 Å². The molecule has 1 saturated carbocycles. The number of carbonyl (C=O) groups is 1. The summed E-state index contributed by atoms with van der Waals surface area (Å²) in [5, 5.41) is 22.2. The molecule has 1 aliphatic rings. The summed E-state index contributed by atoms with van der Waals surface area (Å²) in [5.74, 6) is -0.140. The van der Waals surface area contributed by atoms with E-state index in [2.05, 4.69) is 11.4 Å². The molecule has 5 nitrogen and oxygen atoms in total. The molecular weight excluding hydrogens is 314 g/mol. The van der Waals surface area contributed by atoms with Crippen molar-refractivity contribution in [1.82, 2.24) is 4.90 Å². The van der Waals surface area contributed by atoms with Crippen LogP contribution in [0.3, 0.4) is 0 Å². The van der Waals surface area contributed by atoms with Crippen LogP contribution in [-0.2, 0) is 11.4 Å². The van der Waals surface area contributed by atoms with Gasteiger partial charge in [0, 0.05) is 7.05 Å². The molecule has 1 aromatic rings. The van der Waals surface area contributed by atoms with E-state index in [4.69, 9.17) is 11.6 Å². The number of hydrogen-bond acceptors (Lipinski definition) is 4. The van der Waals surface area contributed by atoms with Crippen molar-refractivity contribution in [1.29, 1.82) is 5.26 Å². The minimum atomic E-state index is -0.687. The van der Waals surface area contributed by atoms with Gasteiger partial charge in [-0.05, 0) is 30.5 Å². The highest BCUT2D eigenvalue weighted by Gasteiger charge is 2.38. The van der Waals surface area contributed by atoms with Crippen molar-refractivity contribution in [3.05, 3.63) is 28.8 Å². The molecule has 0 aromatic heterocycles. The van der Waals surface area contributed by atoms with Crippen LogP contribution in [0, 0.1) is 11.3 Å². The van der Waals surface area contributed by atoms with E-state index in [1.54, 1.807) is 30.1 Å². The van der Waals surface area contributed by atoms with Crippen molar-refractivity contribution < 1.29 is 9.90 Å². The van der Waals surface area contributed by atoms with Gasteiger partial charge in [-0.15, -0.1) is 0 Å². The molecule has 1 aromatic carbocycles. The van der Waals surface area contributed by atoms with Gasteiger partial charge in [0.1, 0.15) is 5.54 Å². The van der Waals surface area contributed by atoms with Crippen LogP contribution in [0.15, 0.2) is 18.2 Å². The second kappa shape index (κ2) is 7.67. The van der Waals surface area contributed by atoms with E-state index in [9.17, 15) is 15.2 Å². The average molecular weight is 336 g/mol. The molecule has 0 spiro atoms. The molecular formula is C17H22ClN3O2. The lowest BCUT2D eigenvalue weighted by molar-refractivity contribution is -0.132. The summed E-state index contributed by atoms with van der Waals surface area (Å²) in [6.45, 7) is -0.0221. The molecule has 0 bridgehead atoms. The standard InChI is InChI=1S/C17H22ClN3O2/c1-21(17(12-19)7-3-2-4-8-17)16(23)10-20-15-9-13(11-22)5-6-14(15)18/h5-6,9,20,22H,2-4,7-8,10-11H2,1H3. The molecule has 2 N–H and O–H groups in total. The van der Waals surface area contributed by atoms with E-state index in [1.165, 1.54) is 0 Å². The number of carbonyl (C=O) groups excluding carboxylic acids is 1. The van der Waals surface area contributed by atoms with Crippen LogP contribution in [0.5, 0.6) is 0 Å². The smallest absolute Gasteiger partial charge is 0.242 e. The zero-order valence-corrected chi connectivity index (χ0v) is 14.1. The first-order valence-electron chi connectivity index (χ1n) is 7.83. The number of nitrogens with one attached hydrogen (secondary N) is 1. The van der Waals surface area contributed by atoms with E-state index in [1.807, 2.05) is 0 Å². The van der Waals surface area contributed by atoms with Gasteiger partial charge in [-0.25, -0.2) is 0 Å². The lowest BCUT2D eigenvalue weighted by Gasteiger charge is -2.39. The molecule has 0 aliphatic heterocycles. The Morgan fingerprint density at radius 3 is 2.74 bits per heavy atom. The Balaban J connectivity index is 2.03. The largest absolute Gasteiger partial charge is 0.392 e. The maximum atomic E-state index is 12.5. The normalized spacial score (nSPS) is 16.4. The lowest BCUT2D eigenvalue weighted by Crippen LogP contribution is -2.51. The molecule has 1 aliphatic carbocycles. The van der Waals surface area contributed by atoms with Crippen LogP contribution in [0.25, 0.3) is 0 Å². The summed E-state index contributed by atoms with van der Waals surface area (Å²) in [5.41, 5.74) is 0.640. The Bertz CT molecular complexity index is 606. The Morgan fingerprint density at radius 1 is 1.43 bits per heavy atom. The number of anilines is 1. The number of aliphatic hydroxyl groups is 1. The molecule has 1 amide bonds. The monoisotopic (exact) mass is 335 g/mol. The quantitative estimate of drug-likeness (QED) is 0.867. The number of nitriles is 1. The van der Waals surface area contributed by atoms with Crippen molar-refractivity contribution >= 4 is 23.2 Å². The van der Waals surface area contributed by atoms with E-state index in [0.29, 0.717) is 10.7 Å². The van der Waals surface area contributed by atoms with E-state index in [0.717, 1.165) is 37.7 Å². The van der Waals surface area contributed by atoms with Gasteiger partial charge in [0.25, 0.3) is 0 Å². The van der Waals surface area contributed by atoms with E-state index in [-0.39, 0.29) is 19.1 Å². The summed E-state index contributed by atoms with van der Waals surface area (Å²) in [7, 11) is 1.70. The highest BCUT2D eigenvalue weighted by Crippen LogP contribution is 2.32. The molecule has 23 heavy (non-hydrogen) atoms. The zero-order valence-electron chi connectivity index (χ0n) is 13.3. The van der Waals surface area contributed by atoms with Gasteiger partial charge in [-0.2, -0.15) is 5.26 Å². The fourth-order valence-corrected chi connectivity index (χ4v) is 3.18. The summed E-state index contributed by atoms with van der Waals surface area (Å²) < 4.78 is 0. The van der Waals surface area contributed by atoms with E-state index >= 15 is 0 Å². The molecule has 0 saturated heterocycles. The third-order valence-corrected chi connectivity index (χ3v) is 4.88. The van der Waals surface area contributed by atoms with Crippen molar-refractivity contribution in [3.8, 4) is 6.07 Å². The first-order valence-corrected chi connectivity index (χ1v) is 8.21. The van der Waals surface area contributed by atoms with Crippen molar-refractivity contribution in [3.63, 3.8) is 0 Å². The predicted molar refractivity (Wildman–Crippen MR) is 90.1 cm³/mol. The van der Waals surface area contributed by atoms with Crippen LogP contribution in [0.1, 0.15) is 37.7 Å². The van der Waals surface area contributed by atoms with Crippen LogP contribution in [-0.4, -0.2) is 35.0 Å². The molecule has 1 fully saturated rings. The maximum Gasteiger partial charge on any atom is 0.242 e. The molecule has 6 heteroatoms. The third kappa shape index (κ3) is 3.95. The number of hydrogen-bond donors (Lipinski definition) is 2. The third-order valence-electron chi connectivity index (χ3n) is 4.55. The number of amides is 1. The zero-order chi connectivity index (χ0) is 16.9. The Kier molecular flexibility index (Phi) is 5.86. The molecule has 0 heterocycles. The molecule has 0 unspecified atom stereocenters. The number of aliphatic hydroxyl groups excluding tert-OH is 1. The van der Waals surface area contributed by atoms with Gasteiger partial charge in [-0.1, -0.05) is 36.9 Å². The van der Waals surface area contributed by atoms with Gasteiger partial charge in [0.05, 0.1) is 29.9 Å². The molecule has 0 atom stereocenters. The summed E-state index contributed by atoms with van der Waals surface area (Å²) in [4.78, 5) is 14.0. The Morgan fingerprint density at radius 2 is 2.13 bits per heavy atom.